The molecule has 4 nitrogen and oxygen atoms in total. The molecular weight excluding hydrogens is 274 g/mol. The van der Waals surface area contributed by atoms with E-state index in [0.717, 1.165) is 12.1 Å². The van der Waals surface area contributed by atoms with E-state index in [1.807, 2.05) is 13.8 Å². The average molecular weight is 292 g/mol. The maximum atomic E-state index is 13.9. The molecule has 0 atom stereocenters. The Morgan fingerprint density at radius 1 is 1.26 bits per heavy atom. The van der Waals surface area contributed by atoms with E-state index in [1.165, 1.54) is 0 Å². The van der Waals surface area contributed by atoms with E-state index in [9.17, 15) is 17.2 Å². The molecule has 19 heavy (non-hydrogen) atoms. The van der Waals surface area contributed by atoms with Crippen molar-refractivity contribution in [1.29, 1.82) is 0 Å². The highest BCUT2D eigenvalue weighted by molar-refractivity contribution is 7.89. The summed E-state index contributed by atoms with van der Waals surface area (Å²) in [4.78, 5) is -0.568. The van der Waals surface area contributed by atoms with Gasteiger partial charge in [-0.1, -0.05) is 13.8 Å². The molecule has 1 rings (SSSR count). The van der Waals surface area contributed by atoms with E-state index in [1.54, 1.807) is 0 Å². The van der Waals surface area contributed by atoms with E-state index in [4.69, 9.17) is 5.73 Å². The molecule has 0 aliphatic rings. The van der Waals surface area contributed by atoms with Crippen molar-refractivity contribution in [2.45, 2.75) is 44.2 Å². The van der Waals surface area contributed by atoms with Gasteiger partial charge in [0, 0.05) is 18.2 Å². The second-order valence-corrected chi connectivity index (χ2v) is 5.86. The summed E-state index contributed by atoms with van der Waals surface area (Å²) in [6, 6.07) is 1.54. The summed E-state index contributed by atoms with van der Waals surface area (Å²) in [5.41, 5.74) is 4.80. The molecule has 0 radical (unpaired) electrons. The minimum atomic E-state index is -4.01. The Kier molecular flexibility index (Phi) is 5.39. The van der Waals surface area contributed by atoms with Crippen molar-refractivity contribution in [3.05, 3.63) is 29.3 Å². The molecule has 0 fully saturated rings. The molecule has 3 N–H and O–H groups in total. The van der Waals surface area contributed by atoms with E-state index in [-0.39, 0.29) is 6.04 Å². The van der Waals surface area contributed by atoms with Crippen LogP contribution in [0.1, 0.15) is 32.3 Å². The molecule has 108 valence electrons. The minimum absolute atomic E-state index is 0.282. The van der Waals surface area contributed by atoms with Crippen LogP contribution in [0.15, 0.2) is 17.0 Å². The number of rotatable bonds is 6. The first-order valence-electron chi connectivity index (χ1n) is 6.06. The van der Waals surface area contributed by atoms with Gasteiger partial charge in [0.2, 0.25) is 10.0 Å². The first-order valence-corrected chi connectivity index (χ1v) is 7.54. The number of hydrogen-bond donors (Lipinski definition) is 2. The van der Waals surface area contributed by atoms with Crippen molar-refractivity contribution >= 4 is 10.0 Å². The van der Waals surface area contributed by atoms with Crippen LogP contribution in [0, 0.1) is 11.6 Å². The van der Waals surface area contributed by atoms with Crippen LogP contribution in [-0.4, -0.2) is 14.5 Å². The molecule has 1 aromatic rings. The number of sulfonamides is 1. The normalized spacial score (nSPS) is 12.1. The molecule has 0 spiro atoms. The van der Waals surface area contributed by atoms with Gasteiger partial charge in [0.25, 0.3) is 0 Å². The van der Waals surface area contributed by atoms with Crippen molar-refractivity contribution in [2.75, 3.05) is 0 Å². The Morgan fingerprint density at radius 3 is 2.32 bits per heavy atom. The smallest absolute Gasteiger partial charge is 0.243 e. The van der Waals surface area contributed by atoms with Crippen molar-refractivity contribution in [3.63, 3.8) is 0 Å². The molecule has 7 heteroatoms. The van der Waals surface area contributed by atoms with E-state index in [2.05, 4.69) is 4.72 Å². The zero-order chi connectivity index (χ0) is 14.6. The molecule has 0 amide bonds. The quantitative estimate of drug-likeness (QED) is 0.841. The third-order valence-electron chi connectivity index (χ3n) is 2.95. The van der Waals surface area contributed by atoms with Gasteiger partial charge in [-0.25, -0.2) is 21.9 Å². The van der Waals surface area contributed by atoms with Gasteiger partial charge in [-0.3, -0.25) is 0 Å². The van der Waals surface area contributed by atoms with Gasteiger partial charge in [0.1, 0.15) is 10.7 Å². The van der Waals surface area contributed by atoms with Crippen LogP contribution in [0.2, 0.25) is 0 Å². The van der Waals surface area contributed by atoms with E-state index in [0.29, 0.717) is 12.8 Å². The predicted molar refractivity (Wildman–Crippen MR) is 68.9 cm³/mol. The fraction of sp³-hybridized carbons (Fsp3) is 0.500. The van der Waals surface area contributed by atoms with Gasteiger partial charge in [-0.15, -0.1) is 0 Å². The zero-order valence-corrected chi connectivity index (χ0v) is 11.7. The first-order chi connectivity index (χ1) is 8.87. The SMILES string of the molecule is CCC(CC)NS(=O)(=O)c1ccc(F)c(CN)c1F. The lowest BCUT2D eigenvalue weighted by Crippen LogP contribution is -2.34. The minimum Gasteiger partial charge on any atom is -0.326 e. The molecule has 0 aromatic heterocycles. The molecule has 0 heterocycles. The van der Waals surface area contributed by atoms with Gasteiger partial charge in [-0.2, -0.15) is 0 Å². The van der Waals surface area contributed by atoms with Crippen LogP contribution in [0.25, 0.3) is 0 Å². The Hall–Kier alpha value is -1.05. The largest absolute Gasteiger partial charge is 0.326 e. The topological polar surface area (TPSA) is 72.2 Å². The fourth-order valence-electron chi connectivity index (χ4n) is 1.71. The van der Waals surface area contributed by atoms with Gasteiger partial charge >= 0.3 is 0 Å². The molecular formula is C12H18F2N2O2S. The standard InChI is InChI=1S/C12H18F2N2O2S/c1-3-8(4-2)16-19(17,18)11-6-5-10(13)9(7-15)12(11)14/h5-6,8,16H,3-4,7,15H2,1-2H3. The van der Waals surface area contributed by atoms with Gasteiger partial charge in [0.05, 0.1) is 0 Å². The summed E-state index contributed by atoms with van der Waals surface area (Å²) in [5.74, 6) is -1.97. The number of hydrogen-bond acceptors (Lipinski definition) is 3. The Labute approximate surface area is 112 Å². The summed E-state index contributed by atoms with van der Waals surface area (Å²) in [6.45, 7) is 3.25. The summed E-state index contributed by atoms with van der Waals surface area (Å²) in [7, 11) is -4.01. The molecule has 0 aliphatic heterocycles. The Morgan fingerprint density at radius 2 is 1.84 bits per heavy atom. The summed E-state index contributed by atoms with van der Waals surface area (Å²) >= 11 is 0. The monoisotopic (exact) mass is 292 g/mol. The van der Waals surface area contributed by atoms with Gasteiger partial charge in [-0.05, 0) is 25.0 Å². The zero-order valence-electron chi connectivity index (χ0n) is 10.9. The number of nitrogens with two attached hydrogens (primary N) is 1. The van der Waals surface area contributed by atoms with Crippen molar-refractivity contribution < 1.29 is 17.2 Å². The summed E-state index contributed by atoms with van der Waals surface area (Å²) in [6.07, 6.45) is 1.17. The Balaban J connectivity index is 3.22. The lowest BCUT2D eigenvalue weighted by Gasteiger charge is -2.16. The highest BCUT2D eigenvalue weighted by Gasteiger charge is 2.24. The lowest BCUT2D eigenvalue weighted by molar-refractivity contribution is 0.509. The second kappa shape index (κ2) is 6.40. The van der Waals surface area contributed by atoms with Crippen molar-refractivity contribution in [3.8, 4) is 0 Å². The van der Waals surface area contributed by atoms with Crippen LogP contribution in [-0.2, 0) is 16.6 Å². The van der Waals surface area contributed by atoms with Gasteiger partial charge in [0.15, 0.2) is 5.82 Å². The first kappa shape index (κ1) is 16.0. The van der Waals surface area contributed by atoms with Crippen molar-refractivity contribution in [2.24, 2.45) is 5.73 Å². The highest BCUT2D eigenvalue weighted by Crippen LogP contribution is 2.21. The number of halogens is 2. The maximum absolute atomic E-state index is 13.9. The van der Waals surface area contributed by atoms with Crippen molar-refractivity contribution in [1.82, 2.24) is 4.72 Å². The lowest BCUT2D eigenvalue weighted by atomic mass is 10.2. The predicted octanol–water partition coefficient (Wildman–Crippen LogP) is 1.89. The molecule has 0 aliphatic carbocycles. The molecule has 0 saturated heterocycles. The Bertz CT molecular complexity index is 543. The number of nitrogens with one attached hydrogen (secondary N) is 1. The molecule has 0 unspecified atom stereocenters. The van der Waals surface area contributed by atoms with Crippen LogP contribution < -0.4 is 10.5 Å². The third kappa shape index (κ3) is 3.49. The molecule has 0 saturated carbocycles. The van der Waals surface area contributed by atoms with Crippen LogP contribution in [0.5, 0.6) is 0 Å². The highest BCUT2D eigenvalue weighted by atomic mass is 32.2. The fourth-order valence-corrected chi connectivity index (χ4v) is 3.21. The van der Waals surface area contributed by atoms with Gasteiger partial charge < -0.3 is 5.73 Å². The second-order valence-electron chi connectivity index (χ2n) is 4.18. The maximum Gasteiger partial charge on any atom is 0.243 e. The number of benzene rings is 1. The van der Waals surface area contributed by atoms with E-state index >= 15 is 0 Å². The van der Waals surface area contributed by atoms with E-state index < -0.39 is 38.7 Å². The van der Waals surface area contributed by atoms with Crippen LogP contribution in [0.3, 0.4) is 0 Å². The van der Waals surface area contributed by atoms with Crippen LogP contribution in [0.4, 0.5) is 8.78 Å². The summed E-state index contributed by atoms with van der Waals surface area (Å²) in [5, 5.41) is 0. The molecule has 1 aromatic carbocycles. The summed E-state index contributed by atoms with van der Waals surface area (Å²) < 4.78 is 53.7. The third-order valence-corrected chi connectivity index (χ3v) is 4.49. The average Bonchev–Trinajstić information content (AvgIpc) is 2.36. The van der Waals surface area contributed by atoms with Crippen LogP contribution >= 0.6 is 0 Å². The molecule has 0 bridgehead atoms.